The van der Waals surface area contributed by atoms with Crippen molar-refractivity contribution in [3.8, 4) is 45.0 Å². The Hall–Kier alpha value is -7.66. The van der Waals surface area contributed by atoms with Crippen LogP contribution in [0, 0.1) is 0 Å². The summed E-state index contributed by atoms with van der Waals surface area (Å²) in [6.07, 6.45) is 2.43. The maximum Gasteiger partial charge on any atom is 0.375 e. The molecule has 4 N–H and O–H groups in total. The highest BCUT2D eigenvalue weighted by atomic mass is 16.6. The van der Waals surface area contributed by atoms with E-state index in [1.807, 2.05) is 111 Å². The van der Waals surface area contributed by atoms with Crippen LogP contribution in [0.4, 0.5) is 0 Å². The number of tetrazole rings is 2. The van der Waals surface area contributed by atoms with Crippen LogP contribution < -0.4 is 0 Å². The fourth-order valence-electron chi connectivity index (χ4n) is 8.19. The smallest absolute Gasteiger partial charge is 0.375 e. The maximum atomic E-state index is 14.6. The molecule has 17 nitrogen and oxygen atoms in total. The van der Waals surface area contributed by atoms with E-state index in [0.717, 1.165) is 50.9 Å². The number of benzene rings is 4. The molecule has 0 amide bonds. The monoisotopic (exact) mass is 874 g/mol. The molecule has 4 aromatic carbocycles. The SMILES string of the molecule is CCCc1nc(C(C)(C)OC(=O)c2nc(C(C)(C)O)c(CCC)n2Cc2ccc(-c3ccccc3-c3nn[nH]n3)cc2)c(C(=O)O)n1Cc1ccc(-c2ccccc2-c2nn[nH]n2)cc1. The number of carbonyl (C=O) groups excluding carboxylic acids is 1. The number of H-pyrrole nitrogens is 2. The first-order valence-corrected chi connectivity index (χ1v) is 21.5. The van der Waals surface area contributed by atoms with E-state index < -0.39 is 23.1 Å². The lowest BCUT2D eigenvalue weighted by atomic mass is 9.98. The molecule has 0 aliphatic rings. The lowest BCUT2D eigenvalue weighted by Crippen LogP contribution is -2.30. The van der Waals surface area contributed by atoms with Gasteiger partial charge < -0.3 is 24.1 Å². The highest BCUT2D eigenvalue weighted by Crippen LogP contribution is 2.35. The molecule has 332 valence electrons. The fraction of sp³-hybridized carbons (Fsp3) is 0.292. The molecule has 0 fully saturated rings. The summed E-state index contributed by atoms with van der Waals surface area (Å²) in [5.41, 5.74) is 5.24. The summed E-state index contributed by atoms with van der Waals surface area (Å²) in [4.78, 5) is 37.4. The van der Waals surface area contributed by atoms with Crippen LogP contribution in [0.2, 0.25) is 0 Å². The number of aliphatic hydroxyl groups is 1. The van der Waals surface area contributed by atoms with Crippen LogP contribution >= 0.6 is 0 Å². The van der Waals surface area contributed by atoms with E-state index in [9.17, 15) is 19.8 Å². The Labute approximate surface area is 375 Å². The van der Waals surface area contributed by atoms with E-state index in [1.54, 1.807) is 36.8 Å². The molecule has 0 saturated carbocycles. The number of aromatic nitrogens is 12. The van der Waals surface area contributed by atoms with Crippen molar-refractivity contribution in [3.63, 3.8) is 0 Å². The first-order chi connectivity index (χ1) is 31.3. The molecule has 65 heavy (non-hydrogen) atoms. The summed E-state index contributed by atoms with van der Waals surface area (Å²) in [7, 11) is 0. The van der Waals surface area contributed by atoms with Gasteiger partial charge in [0, 0.05) is 36.3 Å². The van der Waals surface area contributed by atoms with Gasteiger partial charge in [-0.2, -0.15) is 10.4 Å². The fourth-order valence-corrected chi connectivity index (χ4v) is 8.19. The van der Waals surface area contributed by atoms with Crippen molar-refractivity contribution in [1.29, 1.82) is 0 Å². The van der Waals surface area contributed by atoms with Crippen molar-refractivity contribution in [1.82, 2.24) is 60.4 Å². The first-order valence-electron chi connectivity index (χ1n) is 21.5. The number of carbonyl (C=O) groups is 2. The molecule has 4 aromatic heterocycles. The van der Waals surface area contributed by atoms with Crippen molar-refractivity contribution < 1.29 is 24.5 Å². The number of aromatic amines is 2. The molecule has 0 saturated heterocycles. The number of hydrogen-bond acceptors (Lipinski definition) is 12. The van der Waals surface area contributed by atoms with Crippen molar-refractivity contribution in [3.05, 3.63) is 143 Å². The second-order valence-corrected chi connectivity index (χ2v) is 16.8. The molecular formula is C48H50N12O5. The molecule has 0 bridgehead atoms. The second kappa shape index (κ2) is 18.2. The molecular weight excluding hydrogens is 825 g/mol. The van der Waals surface area contributed by atoms with Crippen molar-refractivity contribution in [2.24, 2.45) is 0 Å². The molecule has 0 atom stereocenters. The Balaban J connectivity index is 1.10. The molecule has 0 spiro atoms. The van der Waals surface area contributed by atoms with Gasteiger partial charge in [0.25, 0.3) is 0 Å². The maximum absolute atomic E-state index is 14.6. The lowest BCUT2D eigenvalue weighted by Gasteiger charge is -2.24. The standard InChI is InChI=1S/C48H50N12O5/c1-7-13-37-40(47(3,4)64)50-44(59(37)27-29-19-23-31(24-20-29)33-15-9-11-17-35(33)42-51-55-56-52-42)46(63)65-48(5,6)41-39(45(61)62)60(38(49-41)14-8-2)28-30-21-25-32(26-22-30)34-16-10-12-18-36(34)43-53-57-58-54-43/h9-12,15-26,64H,7-8,13-14,27-28H2,1-6H3,(H,61,62)(H,51,52,55,56)(H,53,54,57,58). The Kier molecular flexibility index (Phi) is 12.3. The molecule has 17 heteroatoms. The minimum atomic E-state index is -1.52. The predicted molar refractivity (Wildman–Crippen MR) is 241 cm³/mol. The third-order valence-corrected chi connectivity index (χ3v) is 11.2. The predicted octanol–water partition coefficient (Wildman–Crippen LogP) is 7.79. The van der Waals surface area contributed by atoms with Crippen LogP contribution in [0.15, 0.2) is 97.1 Å². The highest BCUT2D eigenvalue weighted by molar-refractivity contribution is 5.89. The van der Waals surface area contributed by atoms with Crippen LogP contribution in [0.25, 0.3) is 45.0 Å². The van der Waals surface area contributed by atoms with Crippen LogP contribution in [0.5, 0.6) is 0 Å². The Morgan fingerprint density at radius 2 is 1.14 bits per heavy atom. The number of aryl methyl sites for hydroxylation is 1. The molecule has 8 aromatic rings. The summed E-state index contributed by atoms with van der Waals surface area (Å²) < 4.78 is 9.77. The Morgan fingerprint density at radius 3 is 1.58 bits per heavy atom. The quantitative estimate of drug-likeness (QED) is 0.0641. The zero-order valence-electron chi connectivity index (χ0n) is 37.1. The zero-order chi connectivity index (χ0) is 45.9. The van der Waals surface area contributed by atoms with Gasteiger partial charge in [0.1, 0.15) is 17.1 Å². The van der Waals surface area contributed by atoms with E-state index in [2.05, 4.69) is 41.2 Å². The zero-order valence-corrected chi connectivity index (χ0v) is 37.1. The Morgan fingerprint density at radius 1 is 0.646 bits per heavy atom. The first kappa shape index (κ1) is 44.0. The van der Waals surface area contributed by atoms with Gasteiger partial charge in [0.05, 0.1) is 5.69 Å². The van der Waals surface area contributed by atoms with Gasteiger partial charge in [-0.1, -0.05) is 117 Å². The van der Waals surface area contributed by atoms with Crippen LogP contribution in [0.1, 0.15) is 110 Å². The van der Waals surface area contributed by atoms with Crippen molar-refractivity contribution >= 4 is 11.9 Å². The molecule has 0 aliphatic heterocycles. The third kappa shape index (κ3) is 9.08. The van der Waals surface area contributed by atoms with E-state index >= 15 is 0 Å². The number of carboxylic acids is 1. The highest BCUT2D eigenvalue weighted by Gasteiger charge is 2.39. The number of imidazole rings is 2. The number of ether oxygens (including phenoxy) is 1. The summed E-state index contributed by atoms with van der Waals surface area (Å²) in [5.74, 6) is -0.500. The number of carboxylic acid groups (broad SMARTS) is 1. The van der Waals surface area contributed by atoms with E-state index in [0.29, 0.717) is 48.1 Å². The number of rotatable bonds is 17. The second-order valence-electron chi connectivity index (χ2n) is 16.8. The van der Waals surface area contributed by atoms with Gasteiger partial charge in [0.15, 0.2) is 11.3 Å². The summed E-state index contributed by atoms with van der Waals surface area (Å²) >= 11 is 0. The average Bonchev–Trinajstić information content (AvgIpc) is 4.13. The van der Waals surface area contributed by atoms with Crippen LogP contribution in [-0.2, 0) is 41.9 Å². The Bertz CT molecular complexity index is 2930. The van der Waals surface area contributed by atoms with Crippen LogP contribution in [0.3, 0.4) is 0 Å². The van der Waals surface area contributed by atoms with E-state index in [-0.39, 0.29) is 30.3 Å². The summed E-state index contributed by atoms with van der Waals surface area (Å²) in [5, 5.41) is 51.3. The largest absolute Gasteiger partial charge is 0.477 e. The molecule has 0 unspecified atom stereocenters. The summed E-state index contributed by atoms with van der Waals surface area (Å²) in [6, 6.07) is 31.3. The molecule has 8 rings (SSSR count). The van der Waals surface area contributed by atoms with Gasteiger partial charge in [-0.3, -0.25) is 0 Å². The number of hydrogen-bond donors (Lipinski definition) is 4. The number of aromatic carboxylic acids is 1. The summed E-state index contributed by atoms with van der Waals surface area (Å²) in [6.45, 7) is 11.0. The molecule has 0 radical (unpaired) electrons. The minimum absolute atomic E-state index is 0.0173. The van der Waals surface area contributed by atoms with E-state index in [4.69, 9.17) is 14.7 Å². The normalized spacial score (nSPS) is 11.9. The third-order valence-electron chi connectivity index (χ3n) is 11.2. The van der Waals surface area contributed by atoms with Gasteiger partial charge in [0.2, 0.25) is 17.5 Å². The van der Waals surface area contributed by atoms with Gasteiger partial charge in [-0.15, -0.1) is 20.4 Å². The topological polar surface area (TPSA) is 228 Å². The minimum Gasteiger partial charge on any atom is -0.477 e. The van der Waals surface area contributed by atoms with Crippen LogP contribution in [-0.4, -0.2) is 82.5 Å². The van der Waals surface area contributed by atoms with E-state index in [1.165, 1.54) is 0 Å². The molecule has 4 heterocycles. The van der Waals surface area contributed by atoms with Gasteiger partial charge >= 0.3 is 11.9 Å². The number of nitrogens with one attached hydrogen (secondary N) is 2. The average molecular weight is 875 g/mol. The lowest BCUT2D eigenvalue weighted by molar-refractivity contribution is -0.00753. The molecule has 0 aliphatic carbocycles. The van der Waals surface area contributed by atoms with Gasteiger partial charge in [-0.25, -0.2) is 19.6 Å². The number of esters is 1. The van der Waals surface area contributed by atoms with Crippen molar-refractivity contribution in [2.75, 3.05) is 0 Å². The van der Waals surface area contributed by atoms with Gasteiger partial charge in [-0.05, 0) is 84.3 Å². The number of nitrogens with zero attached hydrogens (tertiary/aromatic N) is 10. The van der Waals surface area contributed by atoms with Crippen molar-refractivity contribution in [2.45, 2.75) is 91.5 Å².